The first kappa shape index (κ1) is 61.9. The largest absolute Gasteiger partial charge is 0.497 e. The van der Waals surface area contributed by atoms with Crippen molar-refractivity contribution in [2.24, 2.45) is 5.92 Å². The number of aromatic nitrogens is 4. The highest BCUT2D eigenvalue weighted by Crippen LogP contribution is 2.44. The predicted octanol–water partition coefficient (Wildman–Crippen LogP) is 9.49. The Kier molecular flexibility index (Phi) is 19.6. The Hall–Kier alpha value is -6.27. The molecule has 2 amide bonds. The number of anilines is 1. The fourth-order valence-electron chi connectivity index (χ4n) is 8.88. The minimum absolute atomic E-state index is 0.0272. The topological polar surface area (TPSA) is 234 Å². The molecule has 79 heavy (non-hydrogen) atoms. The van der Waals surface area contributed by atoms with Gasteiger partial charge >= 0.3 is 12.2 Å². The third kappa shape index (κ3) is 16.2. The highest BCUT2D eigenvalue weighted by atomic mass is 32.2. The maximum absolute atomic E-state index is 16.5. The van der Waals surface area contributed by atoms with Gasteiger partial charge in [-0.1, -0.05) is 57.2 Å². The highest BCUT2D eigenvalue weighted by molar-refractivity contribution is 7.93. The number of ether oxygens (including phenoxy) is 4. The van der Waals surface area contributed by atoms with Crippen LogP contribution in [0.15, 0.2) is 94.7 Å². The minimum Gasteiger partial charge on any atom is -0.497 e. The van der Waals surface area contributed by atoms with Crippen molar-refractivity contribution in [1.29, 1.82) is 0 Å². The molecule has 1 aliphatic heterocycles. The molecule has 432 valence electrons. The summed E-state index contributed by atoms with van der Waals surface area (Å²) in [6.07, 6.45) is -1.92. The Morgan fingerprint density at radius 1 is 0.759 bits per heavy atom. The van der Waals surface area contributed by atoms with Gasteiger partial charge in [0.2, 0.25) is 15.8 Å². The molecule has 0 aliphatic carbocycles. The van der Waals surface area contributed by atoms with Crippen LogP contribution in [0.25, 0.3) is 11.4 Å². The number of piperidine rings is 1. The molecule has 23 heteroatoms. The normalized spacial score (nSPS) is 14.4. The molecule has 0 spiro atoms. The number of alkyl carbamates (subject to hydrolysis) is 1. The summed E-state index contributed by atoms with van der Waals surface area (Å²) >= 11 is 0. The molecule has 0 bridgehead atoms. The van der Waals surface area contributed by atoms with Gasteiger partial charge < -0.3 is 43.6 Å². The second-order valence-electron chi connectivity index (χ2n) is 23.4. The summed E-state index contributed by atoms with van der Waals surface area (Å²) in [6, 6.07) is 24.0. The van der Waals surface area contributed by atoms with Gasteiger partial charge in [0, 0.05) is 44.0 Å². The molecule has 1 atom stereocenters. The first-order valence-electron chi connectivity index (χ1n) is 26.3. The molecule has 1 fully saturated rings. The van der Waals surface area contributed by atoms with E-state index in [9.17, 15) is 14.7 Å². The van der Waals surface area contributed by atoms with Crippen LogP contribution in [0.2, 0.25) is 18.1 Å². The molecule has 0 radical (unpaired) electrons. The van der Waals surface area contributed by atoms with Crippen LogP contribution >= 0.6 is 0 Å². The Morgan fingerprint density at radius 3 is 1.72 bits per heavy atom. The number of hydrogen-bond acceptors (Lipinski definition) is 15. The monoisotopic (exact) mass is 1150 g/mol. The Balaban J connectivity index is 1.62. The molecule has 1 aliphatic rings. The molecule has 0 unspecified atom stereocenters. The van der Waals surface area contributed by atoms with Crippen LogP contribution in [0.1, 0.15) is 91.8 Å². The standard InChI is InChI=1S/C56H80N8O12S2Si/c1-54(2,3)63(53(66)67)37-46(76-79(13,14)56(7,8)9)38-77(68,69)48-28-27-47(61-31-29-39(30-32-61)33-57-52(65)75-55(4,5)6)49(51-58-60-64(59-51)36-42-19-25-45(74-12)26-20-42)50(48)78(70,71)62(34-40-15-21-43(72-10)22-16-40)35-41-17-23-44(73-11)24-18-41/h15-28,39,46H,29-38H2,1-14H3,(H,57,65)(H,66,67)/t46-/m1/s1. The lowest BCUT2D eigenvalue weighted by Gasteiger charge is -2.42. The molecule has 1 aromatic heterocycles. The predicted molar refractivity (Wildman–Crippen MR) is 306 cm³/mol. The van der Waals surface area contributed by atoms with Gasteiger partial charge in [-0.2, -0.15) is 9.10 Å². The smallest absolute Gasteiger partial charge is 0.407 e. The van der Waals surface area contributed by atoms with Crippen molar-refractivity contribution in [2.75, 3.05) is 58.2 Å². The average molecular weight is 1150 g/mol. The third-order valence-corrected chi connectivity index (χ3v) is 22.6. The van der Waals surface area contributed by atoms with Crippen molar-refractivity contribution >= 4 is 46.1 Å². The van der Waals surface area contributed by atoms with Crippen molar-refractivity contribution in [3.8, 4) is 28.6 Å². The van der Waals surface area contributed by atoms with Crippen LogP contribution in [-0.2, 0) is 48.7 Å². The van der Waals surface area contributed by atoms with Gasteiger partial charge in [0.05, 0.1) is 56.7 Å². The van der Waals surface area contributed by atoms with Gasteiger partial charge in [-0.25, -0.2) is 26.4 Å². The number of amides is 2. The van der Waals surface area contributed by atoms with E-state index >= 15 is 16.8 Å². The first-order valence-corrected chi connectivity index (χ1v) is 32.3. The Morgan fingerprint density at radius 2 is 1.27 bits per heavy atom. The van der Waals surface area contributed by atoms with Crippen LogP contribution in [-0.4, -0.2) is 142 Å². The van der Waals surface area contributed by atoms with Gasteiger partial charge in [0.15, 0.2) is 18.2 Å². The van der Waals surface area contributed by atoms with E-state index in [4.69, 9.17) is 28.5 Å². The zero-order valence-electron chi connectivity index (χ0n) is 48.2. The lowest BCUT2D eigenvalue weighted by molar-refractivity contribution is 0.0516. The number of benzene rings is 4. The van der Waals surface area contributed by atoms with E-state index in [2.05, 4.69) is 15.6 Å². The number of tetrazole rings is 1. The van der Waals surface area contributed by atoms with Gasteiger partial charge in [0.1, 0.15) is 27.7 Å². The number of nitrogens with one attached hydrogen (secondary N) is 1. The molecule has 4 aromatic carbocycles. The summed E-state index contributed by atoms with van der Waals surface area (Å²) in [5.41, 5.74) is 0.515. The van der Waals surface area contributed by atoms with Gasteiger partial charge in [-0.05, 0) is 149 Å². The van der Waals surface area contributed by atoms with Gasteiger partial charge in [-0.3, -0.25) is 0 Å². The number of rotatable bonds is 22. The molecule has 0 saturated carbocycles. The summed E-state index contributed by atoms with van der Waals surface area (Å²) in [5.74, 6) is 0.822. The summed E-state index contributed by atoms with van der Waals surface area (Å²) in [4.78, 5) is 29.0. The average Bonchev–Trinajstić information content (AvgIpc) is 4.01. The molecule has 1 saturated heterocycles. The van der Waals surface area contributed by atoms with E-state index < -0.39 is 78.2 Å². The number of carboxylic acid groups (broad SMARTS) is 1. The first-order chi connectivity index (χ1) is 36.8. The van der Waals surface area contributed by atoms with Crippen LogP contribution in [0.5, 0.6) is 17.2 Å². The van der Waals surface area contributed by atoms with Crippen LogP contribution in [0.3, 0.4) is 0 Å². The maximum atomic E-state index is 16.5. The molecule has 5 aromatic rings. The number of methoxy groups -OCH3 is 3. The fourth-order valence-corrected chi connectivity index (χ4v) is 14.2. The molecule has 20 nitrogen and oxygen atoms in total. The number of nitrogens with zero attached hydrogens (tertiary/aromatic N) is 7. The van der Waals surface area contributed by atoms with Crippen molar-refractivity contribution in [3.63, 3.8) is 0 Å². The third-order valence-electron chi connectivity index (χ3n) is 14.2. The second kappa shape index (κ2) is 25.0. The molecule has 6 rings (SSSR count). The Labute approximate surface area is 467 Å². The van der Waals surface area contributed by atoms with E-state index in [1.54, 1.807) is 115 Å². The number of sulfone groups is 1. The van der Waals surface area contributed by atoms with Crippen molar-refractivity contribution in [3.05, 3.63) is 102 Å². The maximum Gasteiger partial charge on any atom is 0.407 e. The quantitative estimate of drug-likeness (QED) is 0.0614. The summed E-state index contributed by atoms with van der Waals surface area (Å²) in [6.45, 7) is 20.8. The second-order valence-corrected chi connectivity index (χ2v) is 32.0. The zero-order valence-corrected chi connectivity index (χ0v) is 50.8. The zero-order chi connectivity index (χ0) is 58.3. The van der Waals surface area contributed by atoms with E-state index in [1.165, 1.54) is 29.4 Å². The SMILES string of the molecule is COc1ccc(CN(Cc2ccc(OC)cc2)S(=O)(=O)c2c(S(=O)(=O)C[C@@H](CN(C(=O)O)C(C)(C)C)O[Si](C)(C)C(C)(C)C)ccc(N3CCC(CNC(=O)OC(C)(C)C)CC3)c2-c2nnn(Cc3ccc(OC)cc3)n2)cc1. The molecular weight excluding hydrogens is 1070 g/mol. The van der Waals surface area contributed by atoms with Gasteiger partial charge in [-0.15, -0.1) is 10.2 Å². The van der Waals surface area contributed by atoms with Crippen LogP contribution in [0.4, 0.5) is 15.3 Å². The van der Waals surface area contributed by atoms with Crippen molar-refractivity contribution in [2.45, 2.75) is 140 Å². The van der Waals surface area contributed by atoms with E-state index in [0.29, 0.717) is 66.5 Å². The van der Waals surface area contributed by atoms with Crippen molar-refractivity contribution < 1.29 is 54.9 Å². The molecule has 2 heterocycles. The van der Waals surface area contributed by atoms with E-state index in [1.807, 2.05) is 50.9 Å². The summed E-state index contributed by atoms with van der Waals surface area (Å²) < 4.78 is 94.7. The Bertz CT molecular complexity index is 3040. The highest BCUT2D eigenvalue weighted by Gasteiger charge is 2.44. The van der Waals surface area contributed by atoms with Crippen molar-refractivity contribution in [1.82, 2.24) is 34.7 Å². The van der Waals surface area contributed by atoms with E-state index in [0.717, 1.165) is 10.5 Å². The summed E-state index contributed by atoms with van der Waals surface area (Å²) in [5, 5.41) is 26.8. The molecule has 2 N–H and O–H groups in total. The van der Waals surface area contributed by atoms with Crippen LogP contribution < -0.4 is 24.4 Å². The number of sulfonamides is 1. The number of carbonyl (C=O) groups excluding carboxylic acids is 1. The summed E-state index contributed by atoms with van der Waals surface area (Å²) in [7, 11) is -8.04. The molecular formula is C56H80N8O12S2Si. The minimum atomic E-state index is -5.00. The fraction of sp³-hybridized carbons (Fsp3) is 0.518. The lowest BCUT2D eigenvalue weighted by atomic mass is 9.95. The number of carbonyl (C=O) groups is 2. The lowest BCUT2D eigenvalue weighted by Crippen LogP contribution is -2.54. The van der Waals surface area contributed by atoms with E-state index in [-0.39, 0.29) is 43.5 Å². The van der Waals surface area contributed by atoms with Gasteiger partial charge in [0.25, 0.3) is 0 Å². The van der Waals surface area contributed by atoms with Crippen LogP contribution in [0, 0.1) is 5.92 Å². The number of hydrogen-bond donors (Lipinski definition) is 2.